The van der Waals surface area contributed by atoms with Crippen molar-refractivity contribution in [1.82, 2.24) is 4.90 Å². The van der Waals surface area contributed by atoms with Gasteiger partial charge in [0.25, 0.3) is 0 Å². The summed E-state index contributed by atoms with van der Waals surface area (Å²) in [7, 11) is 0. The molecule has 2 aromatic rings. The van der Waals surface area contributed by atoms with Crippen molar-refractivity contribution < 1.29 is 29.0 Å². The maximum Gasteiger partial charge on any atom is 0.410 e. The van der Waals surface area contributed by atoms with Crippen molar-refractivity contribution in [3.05, 3.63) is 71.8 Å². The number of aliphatic carboxylic acids is 1. The molecule has 0 aromatic heterocycles. The maximum atomic E-state index is 12.3. The second-order valence-electron chi connectivity index (χ2n) is 6.18. The lowest BCUT2D eigenvalue weighted by atomic mass is 10.2. The van der Waals surface area contributed by atoms with E-state index in [-0.39, 0.29) is 19.6 Å². The summed E-state index contributed by atoms with van der Waals surface area (Å²) in [5.41, 5.74) is 1.17. The van der Waals surface area contributed by atoms with Gasteiger partial charge in [0.15, 0.2) is 0 Å². The standard InChI is InChI=1S/C20H19NO6/c22-18(23)17-11-16(27-19(24)15-9-5-2-6-10-15)12-21(17)20(25)26-13-14-7-3-1-4-8-14/h1-10,16-17H,11-13H2,(H,22,23)/t16-,17-/m0/s1. The highest BCUT2D eigenvalue weighted by Gasteiger charge is 2.42. The van der Waals surface area contributed by atoms with Crippen LogP contribution >= 0.6 is 0 Å². The molecule has 0 bridgehead atoms. The van der Waals surface area contributed by atoms with Crippen molar-refractivity contribution >= 4 is 18.0 Å². The van der Waals surface area contributed by atoms with Crippen LogP contribution in [0, 0.1) is 0 Å². The summed E-state index contributed by atoms with van der Waals surface area (Å²) in [6.07, 6.45) is -1.43. The van der Waals surface area contributed by atoms with Gasteiger partial charge in [0.1, 0.15) is 18.8 Å². The third kappa shape index (κ3) is 4.63. The second-order valence-corrected chi connectivity index (χ2v) is 6.18. The number of hydrogen-bond acceptors (Lipinski definition) is 5. The van der Waals surface area contributed by atoms with Crippen molar-refractivity contribution in [2.75, 3.05) is 6.54 Å². The van der Waals surface area contributed by atoms with E-state index in [1.807, 2.05) is 18.2 Å². The first-order chi connectivity index (χ1) is 13.0. The number of carbonyl (C=O) groups is 3. The Morgan fingerprint density at radius 2 is 1.63 bits per heavy atom. The van der Waals surface area contributed by atoms with E-state index in [1.54, 1.807) is 42.5 Å². The molecule has 1 aliphatic rings. The van der Waals surface area contributed by atoms with Gasteiger partial charge in [-0.25, -0.2) is 14.4 Å². The van der Waals surface area contributed by atoms with Crippen LogP contribution in [0.1, 0.15) is 22.3 Å². The van der Waals surface area contributed by atoms with E-state index in [4.69, 9.17) is 9.47 Å². The van der Waals surface area contributed by atoms with E-state index < -0.39 is 30.2 Å². The Morgan fingerprint density at radius 3 is 2.26 bits per heavy atom. The van der Waals surface area contributed by atoms with Crippen LogP contribution in [-0.4, -0.2) is 46.7 Å². The average molecular weight is 369 g/mol. The van der Waals surface area contributed by atoms with Crippen LogP contribution in [0.15, 0.2) is 60.7 Å². The summed E-state index contributed by atoms with van der Waals surface area (Å²) >= 11 is 0. The SMILES string of the molecule is O=C(O[C@H]1C[C@@H](C(=O)O)N(C(=O)OCc2ccccc2)C1)c1ccccc1. The number of hydrogen-bond donors (Lipinski definition) is 1. The first kappa shape index (κ1) is 18.4. The molecule has 1 aliphatic heterocycles. The van der Waals surface area contributed by atoms with E-state index in [0.29, 0.717) is 5.56 Å². The lowest BCUT2D eigenvalue weighted by molar-refractivity contribution is -0.141. The Balaban J connectivity index is 1.61. The third-order valence-electron chi connectivity index (χ3n) is 4.27. The topological polar surface area (TPSA) is 93.1 Å². The predicted octanol–water partition coefficient (Wildman–Crippen LogP) is 2.71. The number of carboxylic acids is 1. The van der Waals surface area contributed by atoms with Gasteiger partial charge in [-0.1, -0.05) is 48.5 Å². The summed E-state index contributed by atoms with van der Waals surface area (Å²) in [4.78, 5) is 37.1. The molecule has 7 nitrogen and oxygen atoms in total. The number of carboxylic acid groups (broad SMARTS) is 1. The van der Waals surface area contributed by atoms with Crippen LogP contribution in [0.2, 0.25) is 0 Å². The number of nitrogens with zero attached hydrogens (tertiary/aromatic N) is 1. The highest BCUT2D eigenvalue weighted by atomic mass is 16.6. The monoisotopic (exact) mass is 369 g/mol. The highest BCUT2D eigenvalue weighted by Crippen LogP contribution is 2.23. The summed E-state index contributed by atoms with van der Waals surface area (Å²) in [6, 6.07) is 16.4. The van der Waals surface area contributed by atoms with Gasteiger partial charge in [0.05, 0.1) is 12.1 Å². The van der Waals surface area contributed by atoms with Crippen LogP contribution in [0.5, 0.6) is 0 Å². The van der Waals surface area contributed by atoms with Crippen LogP contribution in [0.25, 0.3) is 0 Å². The maximum absolute atomic E-state index is 12.3. The minimum Gasteiger partial charge on any atom is -0.480 e. The zero-order valence-corrected chi connectivity index (χ0v) is 14.5. The van der Waals surface area contributed by atoms with Crippen LogP contribution in [-0.2, 0) is 20.9 Å². The quantitative estimate of drug-likeness (QED) is 0.815. The van der Waals surface area contributed by atoms with E-state index in [0.717, 1.165) is 10.5 Å². The normalized spacial score (nSPS) is 18.7. The minimum atomic E-state index is -1.16. The fourth-order valence-corrected chi connectivity index (χ4v) is 2.91. The molecule has 1 amide bonds. The molecular weight excluding hydrogens is 350 g/mol. The Bertz CT molecular complexity index is 808. The molecule has 2 atom stereocenters. The molecule has 0 aliphatic carbocycles. The number of likely N-dealkylation sites (tertiary alicyclic amines) is 1. The molecular formula is C20H19NO6. The molecule has 0 saturated carbocycles. The molecule has 1 N–H and O–H groups in total. The number of benzene rings is 2. The van der Waals surface area contributed by atoms with Gasteiger partial charge in [-0.2, -0.15) is 0 Å². The van der Waals surface area contributed by atoms with Gasteiger partial charge in [-0.05, 0) is 17.7 Å². The smallest absolute Gasteiger partial charge is 0.410 e. The van der Waals surface area contributed by atoms with Gasteiger partial charge in [-0.3, -0.25) is 4.90 Å². The predicted molar refractivity (Wildman–Crippen MR) is 95.0 cm³/mol. The van der Waals surface area contributed by atoms with Gasteiger partial charge < -0.3 is 14.6 Å². The third-order valence-corrected chi connectivity index (χ3v) is 4.27. The number of ether oxygens (including phenoxy) is 2. The first-order valence-electron chi connectivity index (χ1n) is 8.50. The second kappa shape index (κ2) is 8.35. The largest absolute Gasteiger partial charge is 0.480 e. The Hall–Kier alpha value is -3.35. The summed E-state index contributed by atoms with van der Waals surface area (Å²) < 4.78 is 10.6. The number of carbonyl (C=O) groups excluding carboxylic acids is 2. The summed E-state index contributed by atoms with van der Waals surface area (Å²) in [5, 5.41) is 9.40. The summed E-state index contributed by atoms with van der Waals surface area (Å²) in [5.74, 6) is -1.71. The van der Waals surface area contributed by atoms with E-state index in [9.17, 15) is 19.5 Å². The molecule has 7 heteroatoms. The van der Waals surface area contributed by atoms with Crippen molar-refractivity contribution in [2.45, 2.75) is 25.2 Å². The van der Waals surface area contributed by atoms with Gasteiger partial charge >= 0.3 is 18.0 Å². The zero-order valence-electron chi connectivity index (χ0n) is 14.5. The van der Waals surface area contributed by atoms with Gasteiger partial charge in [-0.15, -0.1) is 0 Å². The Labute approximate surface area is 156 Å². The molecule has 3 rings (SSSR count). The van der Waals surface area contributed by atoms with E-state index >= 15 is 0 Å². The average Bonchev–Trinajstić information content (AvgIpc) is 3.12. The molecule has 27 heavy (non-hydrogen) atoms. The van der Waals surface area contributed by atoms with Crippen molar-refractivity contribution in [2.24, 2.45) is 0 Å². The number of amides is 1. The molecule has 2 aromatic carbocycles. The molecule has 140 valence electrons. The van der Waals surface area contributed by atoms with Crippen LogP contribution in [0.4, 0.5) is 4.79 Å². The first-order valence-corrected chi connectivity index (χ1v) is 8.50. The fraction of sp³-hybridized carbons (Fsp3) is 0.250. The highest BCUT2D eigenvalue weighted by molar-refractivity contribution is 5.89. The van der Waals surface area contributed by atoms with Crippen molar-refractivity contribution in [3.8, 4) is 0 Å². The van der Waals surface area contributed by atoms with E-state index in [1.165, 1.54) is 0 Å². The van der Waals surface area contributed by atoms with Crippen LogP contribution in [0.3, 0.4) is 0 Å². The minimum absolute atomic E-state index is 0.0222. The molecule has 1 saturated heterocycles. The molecule has 0 spiro atoms. The molecule has 1 heterocycles. The van der Waals surface area contributed by atoms with Gasteiger partial charge in [0.2, 0.25) is 0 Å². The number of rotatable bonds is 5. The summed E-state index contributed by atoms with van der Waals surface area (Å²) in [6.45, 7) is 0.0140. The van der Waals surface area contributed by atoms with Crippen LogP contribution < -0.4 is 0 Å². The van der Waals surface area contributed by atoms with Crippen molar-refractivity contribution in [1.29, 1.82) is 0 Å². The van der Waals surface area contributed by atoms with E-state index in [2.05, 4.69) is 0 Å². The lowest BCUT2D eigenvalue weighted by Gasteiger charge is -2.20. The Morgan fingerprint density at radius 1 is 1.00 bits per heavy atom. The zero-order chi connectivity index (χ0) is 19.2. The fourth-order valence-electron chi connectivity index (χ4n) is 2.91. The molecule has 1 fully saturated rings. The molecule has 0 unspecified atom stereocenters. The Kier molecular flexibility index (Phi) is 5.71. The van der Waals surface area contributed by atoms with Gasteiger partial charge in [0, 0.05) is 6.42 Å². The van der Waals surface area contributed by atoms with Crippen molar-refractivity contribution in [3.63, 3.8) is 0 Å². The molecule has 0 radical (unpaired) electrons. The number of esters is 1. The lowest BCUT2D eigenvalue weighted by Crippen LogP contribution is -2.40.